The first-order valence-electron chi connectivity index (χ1n) is 5.79. The maximum absolute atomic E-state index is 12.1. The number of methoxy groups -OCH3 is 2. The minimum absolute atomic E-state index is 0.00831. The van der Waals surface area contributed by atoms with Crippen LogP contribution < -0.4 is 5.32 Å². The molecule has 1 aromatic heterocycles. The highest BCUT2D eigenvalue weighted by molar-refractivity contribution is 9.13. The minimum Gasteiger partial charge on any atom is -0.469 e. The van der Waals surface area contributed by atoms with Crippen LogP contribution in [0.4, 0.5) is 0 Å². The van der Waals surface area contributed by atoms with Gasteiger partial charge in [0.2, 0.25) is 0 Å². The number of halogens is 2. The van der Waals surface area contributed by atoms with Crippen LogP contribution in [0, 0.1) is 0 Å². The quantitative estimate of drug-likeness (QED) is 0.684. The van der Waals surface area contributed by atoms with E-state index in [1.165, 1.54) is 25.6 Å². The second-order valence-corrected chi connectivity index (χ2v) is 7.12. The Balaban J connectivity index is 2.73. The Morgan fingerprint density at radius 2 is 1.95 bits per heavy atom. The Hall–Kier alpha value is -0.930. The maximum Gasteiger partial charge on any atom is 0.328 e. The van der Waals surface area contributed by atoms with Gasteiger partial charge in [0.15, 0.2) is 0 Å². The topological polar surface area (TPSA) is 81.7 Å². The molecule has 1 rings (SSSR count). The summed E-state index contributed by atoms with van der Waals surface area (Å²) in [5, 5.41) is 2.55. The lowest BCUT2D eigenvalue weighted by atomic mass is 10.1. The third-order valence-corrected chi connectivity index (χ3v) is 5.78. The summed E-state index contributed by atoms with van der Waals surface area (Å²) in [6.45, 7) is 0. The Kier molecular flexibility index (Phi) is 7.33. The average Bonchev–Trinajstić information content (AvgIpc) is 2.81. The second-order valence-electron chi connectivity index (χ2n) is 3.90. The summed E-state index contributed by atoms with van der Waals surface area (Å²) < 4.78 is 10.7. The molecule has 116 valence electrons. The fraction of sp³-hybridized carbons (Fsp3) is 0.417. The molecule has 1 heterocycles. The van der Waals surface area contributed by atoms with Crippen molar-refractivity contribution in [2.24, 2.45) is 0 Å². The summed E-state index contributed by atoms with van der Waals surface area (Å²) in [6, 6.07) is 0.736. The molecule has 21 heavy (non-hydrogen) atoms. The predicted molar refractivity (Wildman–Crippen MR) is 84.2 cm³/mol. The van der Waals surface area contributed by atoms with E-state index in [2.05, 4.69) is 46.7 Å². The summed E-state index contributed by atoms with van der Waals surface area (Å²) in [4.78, 5) is 35.3. The number of carbonyl (C=O) groups excluding carboxylic acids is 3. The molecule has 0 saturated carbocycles. The molecule has 0 aliphatic rings. The zero-order chi connectivity index (χ0) is 16.0. The number of carbonyl (C=O) groups is 3. The third kappa shape index (κ3) is 5.40. The zero-order valence-electron chi connectivity index (χ0n) is 11.3. The van der Waals surface area contributed by atoms with Gasteiger partial charge in [0.05, 0.1) is 22.9 Å². The number of hydrogen-bond donors (Lipinski definition) is 1. The summed E-state index contributed by atoms with van der Waals surface area (Å²) in [7, 11) is 2.48. The fourth-order valence-electron chi connectivity index (χ4n) is 1.44. The van der Waals surface area contributed by atoms with Crippen molar-refractivity contribution < 1.29 is 23.9 Å². The normalized spacial score (nSPS) is 11.6. The van der Waals surface area contributed by atoms with Crippen LogP contribution in [0.3, 0.4) is 0 Å². The van der Waals surface area contributed by atoms with Gasteiger partial charge in [-0.25, -0.2) is 4.79 Å². The van der Waals surface area contributed by atoms with Gasteiger partial charge in [-0.15, -0.1) is 11.3 Å². The average molecular weight is 443 g/mol. The summed E-state index contributed by atoms with van der Waals surface area (Å²) in [6.07, 6.45) is 0.118. The van der Waals surface area contributed by atoms with Gasteiger partial charge in [-0.05, 0) is 44.3 Å². The van der Waals surface area contributed by atoms with Gasteiger partial charge in [0.25, 0.3) is 5.91 Å². The number of rotatable bonds is 6. The van der Waals surface area contributed by atoms with Crippen molar-refractivity contribution in [3.8, 4) is 0 Å². The molecule has 1 N–H and O–H groups in total. The van der Waals surface area contributed by atoms with E-state index < -0.39 is 23.9 Å². The number of thiophene rings is 1. The molecule has 0 radical (unpaired) electrons. The van der Waals surface area contributed by atoms with Crippen molar-refractivity contribution in [1.82, 2.24) is 5.32 Å². The van der Waals surface area contributed by atoms with Crippen LogP contribution in [0.15, 0.2) is 14.3 Å². The van der Waals surface area contributed by atoms with Gasteiger partial charge < -0.3 is 14.8 Å². The van der Waals surface area contributed by atoms with E-state index in [1.807, 2.05) is 0 Å². The van der Waals surface area contributed by atoms with Gasteiger partial charge in [-0.3, -0.25) is 9.59 Å². The lowest BCUT2D eigenvalue weighted by Crippen LogP contribution is -2.41. The molecule has 0 aliphatic carbocycles. The molecule has 9 heteroatoms. The van der Waals surface area contributed by atoms with Crippen LogP contribution in [0.1, 0.15) is 22.5 Å². The number of ether oxygens (including phenoxy) is 2. The van der Waals surface area contributed by atoms with E-state index in [-0.39, 0.29) is 12.8 Å². The second kappa shape index (κ2) is 8.50. The Bertz CT molecular complexity index is 526. The first-order valence-corrected chi connectivity index (χ1v) is 8.19. The largest absolute Gasteiger partial charge is 0.469 e. The molecule has 0 bridgehead atoms. The molecular formula is C12H13Br2NO5S. The van der Waals surface area contributed by atoms with Gasteiger partial charge in [0.1, 0.15) is 6.04 Å². The Labute approximate surface area is 142 Å². The van der Waals surface area contributed by atoms with Crippen molar-refractivity contribution in [3.63, 3.8) is 0 Å². The zero-order valence-corrected chi connectivity index (χ0v) is 15.3. The van der Waals surface area contributed by atoms with Crippen molar-refractivity contribution in [2.75, 3.05) is 14.2 Å². The van der Waals surface area contributed by atoms with E-state index in [9.17, 15) is 14.4 Å². The van der Waals surface area contributed by atoms with Gasteiger partial charge in [-0.1, -0.05) is 0 Å². The van der Waals surface area contributed by atoms with Crippen molar-refractivity contribution in [2.45, 2.75) is 18.9 Å². The molecule has 0 saturated heterocycles. The van der Waals surface area contributed by atoms with Crippen LogP contribution in [-0.4, -0.2) is 38.1 Å². The third-order valence-electron chi connectivity index (χ3n) is 2.52. The first kappa shape index (κ1) is 18.1. The SMILES string of the molecule is COC(=O)CC[C@H](NC(=O)c1cc(Br)c(Br)s1)C(=O)OC. The highest BCUT2D eigenvalue weighted by Crippen LogP contribution is 2.32. The molecule has 1 aromatic rings. The number of hydrogen-bond acceptors (Lipinski definition) is 6. The Morgan fingerprint density at radius 1 is 1.29 bits per heavy atom. The number of nitrogens with one attached hydrogen (secondary N) is 1. The lowest BCUT2D eigenvalue weighted by Gasteiger charge is -2.15. The summed E-state index contributed by atoms with van der Waals surface area (Å²) in [5.41, 5.74) is 0. The maximum atomic E-state index is 12.1. The van der Waals surface area contributed by atoms with Crippen molar-refractivity contribution in [3.05, 3.63) is 19.2 Å². The fourth-order valence-corrected chi connectivity index (χ4v) is 3.38. The predicted octanol–water partition coefficient (Wildman–Crippen LogP) is 2.50. The minimum atomic E-state index is -0.902. The highest BCUT2D eigenvalue weighted by atomic mass is 79.9. The van der Waals surface area contributed by atoms with E-state index in [4.69, 9.17) is 0 Å². The van der Waals surface area contributed by atoms with E-state index in [0.717, 1.165) is 8.26 Å². The van der Waals surface area contributed by atoms with Gasteiger partial charge in [0, 0.05) is 10.9 Å². The summed E-state index contributed by atoms with van der Waals surface area (Å²) in [5.74, 6) is -1.48. The summed E-state index contributed by atoms with van der Waals surface area (Å²) >= 11 is 7.80. The number of amides is 1. The smallest absolute Gasteiger partial charge is 0.328 e. The van der Waals surface area contributed by atoms with Gasteiger partial charge in [-0.2, -0.15) is 0 Å². The van der Waals surface area contributed by atoms with E-state index >= 15 is 0 Å². The molecule has 0 spiro atoms. The highest BCUT2D eigenvalue weighted by Gasteiger charge is 2.24. The van der Waals surface area contributed by atoms with Crippen LogP contribution >= 0.6 is 43.2 Å². The van der Waals surface area contributed by atoms with Crippen LogP contribution in [0.2, 0.25) is 0 Å². The van der Waals surface area contributed by atoms with Crippen molar-refractivity contribution in [1.29, 1.82) is 0 Å². The van der Waals surface area contributed by atoms with Crippen LogP contribution in [0.5, 0.6) is 0 Å². The standard InChI is InChI=1S/C12H13Br2NO5S/c1-19-9(16)4-3-7(12(18)20-2)15-11(17)8-5-6(13)10(14)21-8/h5,7H,3-4H2,1-2H3,(H,15,17)/t7-/m0/s1. The molecular weight excluding hydrogens is 430 g/mol. The monoisotopic (exact) mass is 441 g/mol. The molecule has 6 nitrogen and oxygen atoms in total. The molecule has 0 unspecified atom stereocenters. The van der Waals surface area contributed by atoms with Crippen molar-refractivity contribution >= 4 is 61.0 Å². The Morgan fingerprint density at radius 3 is 2.43 bits per heavy atom. The van der Waals surface area contributed by atoms with Crippen LogP contribution in [-0.2, 0) is 19.1 Å². The molecule has 0 fully saturated rings. The molecule has 1 atom stereocenters. The molecule has 0 aromatic carbocycles. The lowest BCUT2D eigenvalue weighted by molar-refractivity contribution is -0.144. The van der Waals surface area contributed by atoms with E-state index in [1.54, 1.807) is 6.07 Å². The first-order chi connectivity index (χ1) is 9.88. The van der Waals surface area contributed by atoms with Crippen LogP contribution in [0.25, 0.3) is 0 Å². The van der Waals surface area contributed by atoms with Gasteiger partial charge >= 0.3 is 11.9 Å². The molecule has 0 aliphatic heterocycles. The number of esters is 2. The molecule has 1 amide bonds. The van der Waals surface area contributed by atoms with E-state index in [0.29, 0.717) is 4.88 Å².